The lowest BCUT2D eigenvalue weighted by molar-refractivity contribution is -0.0496. The normalized spacial score (nSPS) is 17.4. The first-order chi connectivity index (χ1) is 12.5. The number of guanidine groups is 1. The van der Waals surface area contributed by atoms with Gasteiger partial charge < -0.3 is 11.1 Å². The van der Waals surface area contributed by atoms with E-state index in [0.717, 1.165) is 11.3 Å². The van der Waals surface area contributed by atoms with E-state index in [0.29, 0.717) is 29.6 Å². The van der Waals surface area contributed by atoms with E-state index in [2.05, 4.69) is 24.2 Å². The zero-order valence-electron chi connectivity index (χ0n) is 15.7. The second-order valence-corrected chi connectivity index (χ2v) is 8.85. The number of rotatable bonds is 5. The molecule has 0 aromatic heterocycles. The monoisotopic (exact) mass is 534 g/mol. The smallest absolute Gasteiger partial charge is 0.370 e. The summed E-state index contributed by atoms with van der Waals surface area (Å²) in [5.74, 6) is 0.594. The molecule has 1 aromatic carbocycles. The SMILES string of the molecule is CC(C)c1cccc(NC(N)=NCC2CCN(S(=O)(=O)C(F)(F)F)CC2)c1.I. The van der Waals surface area contributed by atoms with Gasteiger partial charge in [-0.2, -0.15) is 17.5 Å². The van der Waals surface area contributed by atoms with Crippen molar-refractivity contribution in [3.8, 4) is 0 Å². The Morgan fingerprint density at radius 2 is 1.93 bits per heavy atom. The molecule has 1 saturated heterocycles. The van der Waals surface area contributed by atoms with Crippen molar-refractivity contribution in [2.45, 2.75) is 38.1 Å². The Hall–Kier alpha value is -1.08. The molecule has 0 radical (unpaired) electrons. The van der Waals surface area contributed by atoms with Crippen LogP contribution in [0.2, 0.25) is 0 Å². The number of hydrogen-bond acceptors (Lipinski definition) is 3. The van der Waals surface area contributed by atoms with Crippen molar-refractivity contribution in [3.63, 3.8) is 0 Å². The molecule has 0 unspecified atom stereocenters. The highest BCUT2D eigenvalue weighted by Crippen LogP contribution is 2.30. The fraction of sp³-hybridized carbons (Fsp3) is 0.588. The van der Waals surface area contributed by atoms with Crippen molar-refractivity contribution >= 4 is 45.6 Å². The minimum absolute atomic E-state index is 0. The number of nitrogens with zero attached hydrogens (tertiary/aromatic N) is 2. The number of anilines is 1. The molecule has 2 rings (SSSR count). The Bertz CT molecular complexity index is 777. The maximum Gasteiger partial charge on any atom is 0.511 e. The summed E-state index contributed by atoms with van der Waals surface area (Å²) in [6.45, 7) is 4.18. The molecule has 160 valence electrons. The quantitative estimate of drug-likeness (QED) is 0.343. The van der Waals surface area contributed by atoms with Gasteiger partial charge in [0.15, 0.2) is 5.96 Å². The molecule has 0 saturated carbocycles. The van der Waals surface area contributed by atoms with Gasteiger partial charge in [-0.3, -0.25) is 4.99 Å². The molecular weight excluding hydrogens is 508 g/mol. The van der Waals surface area contributed by atoms with E-state index in [9.17, 15) is 21.6 Å². The van der Waals surface area contributed by atoms with Crippen LogP contribution in [0.5, 0.6) is 0 Å². The van der Waals surface area contributed by atoms with Crippen molar-refractivity contribution in [3.05, 3.63) is 29.8 Å². The number of sulfonamides is 1. The van der Waals surface area contributed by atoms with Crippen molar-refractivity contribution in [1.82, 2.24) is 4.31 Å². The molecule has 1 heterocycles. The van der Waals surface area contributed by atoms with Gasteiger partial charge in [-0.15, -0.1) is 24.0 Å². The summed E-state index contributed by atoms with van der Waals surface area (Å²) in [6.07, 6.45) is 0.629. The molecule has 0 spiro atoms. The summed E-state index contributed by atoms with van der Waals surface area (Å²) in [5.41, 5.74) is 2.61. The third kappa shape index (κ3) is 6.48. The lowest BCUT2D eigenvalue weighted by atomic mass is 9.98. The number of alkyl halides is 3. The van der Waals surface area contributed by atoms with Gasteiger partial charge in [0.2, 0.25) is 0 Å². The minimum atomic E-state index is -5.25. The fourth-order valence-electron chi connectivity index (χ4n) is 2.87. The summed E-state index contributed by atoms with van der Waals surface area (Å²) in [6, 6.07) is 7.79. The summed E-state index contributed by atoms with van der Waals surface area (Å²) >= 11 is 0. The van der Waals surface area contributed by atoms with Gasteiger partial charge in [-0.05, 0) is 42.4 Å². The van der Waals surface area contributed by atoms with Crippen LogP contribution in [0.1, 0.15) is 38.2 Å². The van der Waals surface area contributed by atoms with Crippen LogP contribution in [-0.4, -0.2) is 43.8 Å². The number of nitrogens with one attached hydrogen (secondary N) is 1. The van der Waals surface area contributed by atoms with E-state index in [4.69, 9.17) is 5.73 Å². The van der Waals surface area contributed by atoms with Crippen molar-refractivity contribution in [1.29, 1.82) is 0 Å². The molecule has 0 aliphatic carbocycles. The number of benzene rings is 1. The zero-order valence-corrected chi connectivity index (χ0v) is 18.9. The molecule has 28 heavy (non-hydrogen) atoms. The van der Waals surface area contributed by atoms with E-state index in [1.54, 1.807) is 0 Å². The fourth-order valence-corrected chi connectivity index (χ4v) is 3.85. The molecular formula is C17H26F3IN4O2S. The van der Waals surface area contributed by atoms with Gasteiger partial charge in [0.25, 0.3) is 0 Å². The van der Waals surface area contributed by atoms with Crippen LogP contribution in [0, 0.1) is 5.92 Å². The van der Waals surface area contributed by atoms with Gasteiger partial charge in [0, 0.05) is 25.3 Å². The van der Waals surface area contributed by atoms with Crippen LogP contribution in [0.15, 0.2) is 29.3 Å². The highest BCUT2D eigenvalue weighted by atomic mass is 127. The first-order valence-electron chi connectivity index (χ1n) is 8.74. The van der Waals surface area contributed by atoms with Crippen LogP contribution in [0.25, 0.3) is 0 Å². The minimum Gasteiger partial charge on any atom is -0.370 e. The number of halogens is 4. The number of aliphatic imine (C=N–C) groups is 1. The lowest BCUT2D eigenvalue weighted by Crippen LogP contribution is -2.45. The Morgan fingerprint density at radius 3 is 2.46 bits per heavy atom. The van der Waals surface area contributed by atoms with Gasteiger partial charge in [-0.25, -0.2) is 8.42 Å². The van der Waals surface area contributed by atoms with E-state index >= 15 is 0 Å². The highest BCUT2D eigenvalue weighted by Gasteiger charge is 2.50. The van der Waals surface area contributed by atoms with Crippen LogP contribution in [0.4, 0.5) is 18.9 Å². The molecule has 6 nitrogen and oxygen atoms in total. The average molecular weight is 534 g/mol. The van der Waals surface area contributed by atoms with Gasteiger partial charge in [0.05, 0.1) is 0 Å². The van der Waals surface area contributed by atoms with E-state index in [1.165, 1.54) is 0 Å². The molecule has 1 aromatic rings. The summed E-state index contributed by atoms with van der Waals surface area (Å²) in [4.78, 5) is 4.25. The molecule has 1 fully saturated rings. The van der Waals surface area contributed by atoms with E-state index < -0.39 is 15.5 Å². The predicted molar refractivity (Wildman–Crippen MR) is 115 cm³/mol. The van der Waals surface area contributed by atoms with Gasteiger partial charge >= 0.3 is 15.5 Å². The number of hydrogen-bond donors (Lipinski definition) is 2. The average Bonchev–Trinajstić information content (AvgIpc) is 2.59. The van der Waals surface area contributed by atoms with Gasteiger partial charge in [-0.1, -0.05) is 26.0 Å². The van der Waals surface area contributed by atoms with Gasteiger partial charge in [0.1, 0.15) is 0 Å². The molecule has 11 heteroatoms. The third-order valence-electron chi connectivity index (χ3n) is 4.55. The molecule has 3 N–H and O–H groups in total. The van der Waals surface area contributed by atoms with Crippen molar-refractivity contribution < 1.29 is 21.6 Å². The summed E-state index contributed by atoms with van der Waals surface area (Å²) in [5, 5.41) is 3.00. The van der Waals surface area contributed by atoms with Crippen LogP contribution >= 0.6 is 24.0 Å². The molecule has 0 amide bonds. The highest BCUT2D eigenvalue weighted by molar-refractivity contribution is 14.0. The molecule has 0 bridgehead atoms. The standard InChI is InChI=1S/C17H25F3N4O2S.HI/c1-12(2)14-4-3-5-15(10-14)23-16(21)22-11-13-6-8-24(9-7-13)27(25,26)17(18,19)20;/h3-5,10,12-13H,6-9,11H2,1-2H3,(H3,21,22,23);1H. The molecule has 0 atom stereocenters. The first kappa shape index (κ1) is 25.0. The lowest BCUT2D eigenvalue weighted by Gasteiger charge is -2.30. The molecule has 1 aliphatic rings. The Morgan fingerprint density at radius 1 is 1.32 bits per heavy atom. The van der Waals surface area contributed by atoms with Crippen LogP contribution in [-0.2, 0) is 10.0 Å². The maximum atomic E-state index is 12.6. The second-order valence-electron chi connectivity index (χ2n) is 6.92. The maximum absolute atomic E-state index is 12.6. The summed E-state index contributed by atoms with van der Waals surface area (Å²) < 4.78 is 61.0. The second kappa shape index (κ2) is 10.1. The number of nitrogens with two attached hydrogens (primary N) is 1. The van der Waals surface area contributed by atoms with E-state index in [1.807, 2.05) is 24.3 Å². The van der Waals surface area contributed by atoms with E-state index in [-0.39, 0.29) is 48.9 Å². The van der Waals surface area contributed by atoms with Crippen LogP contribution < -0.4 is 11.1 Å². The summed E-state index contributed by atoms with van der Waals surface area (Å²) in [7, 11) is -5.25. The van der Waals surface area contributed by atoms with Crippen molar-refractivity contribution in [2.75, 3.05) is 25.0 Å². The largest absolute Gasteiger partial charge is 0.511 e. The Labute approximate surface area is 180 Å². The topological polar surface area (TPSA) is 87.8 Å². The first-order valence-corrected chi connectivity index (χ1v) is 10.2. The van der Waals surface area contributed by atoms with Crippen molar-refractivity contribution in [2.24, 2.45) is 16.6 Å². The number of piperidine rings is 1. The predicted octanol–water partition coefficient (Wildman–Crippen LogP) is 3.72. The van der Waals surface area contributed by atoms with Crippen LogP contribution in [0.3, 0.4) is 0 Å². The zero-order chi connectivity index (χ0) is 20.2. The Kier molecular flexibility index (Phi) is 9.00. The third-order valence-corrected chi connectivity index (χ3v) is 6.18. The Balaban J connectivity index is 0.00000392. The molecule has 1 aliphatic heterocycles.